The summed E-state index contributed by atoms with van der Waals surface area (Å²) in [6, 6.07) is 5.48. The van der Waals surface area contributed by atoms with Gasteiger partial charge in [-0.05, 0) is 31.4 Å². The normalized spacial score (nSPS) is 25.8. The molecule has 100 valence electrons. The number of hydrogen-bond acceptors (Lipinski definition) is 3. The Balaban J connectivity index is 1.91. The van der Waals surface area contributed by atoms with Crippen LogP contribution in [0.5, 0.6) is 0 Å². The Kier molecular flexibility index (Phi) is 3.11. The molecule has 2 unspecified atom stereocenters. The van der Waals surface area contributed by atoms with E-state index in [2.05, 4.69) is 5.32 Å². The molecule has 2 aliphatic rings. The van der Waals surface area contributed by atoms with Crippen LogP contribution in [0.2, 0.25) is 0 Å². The summed E-state index contributed by atoms with van der Waals surface area (Å²) in [6.45, 7) is 3.25. The predicted octanol–water partition coefficient (Wildman–Crippen LogP) is 1.58. The van der Waals surface area contributed by atoms with Crippen LogP contribution in [0.1, 0.15) is 39.6 Å². The highest BCUT2D eigenvalue weighted by Crippen LogP contribution is 2.26. The SMILES string of the molecule is CC1OCCC1C(=O)c1ccc2c(c1)C(=O)NCC2. The van der Waals surface area contributed by atoms with Crippen molar-refractivity contribution in [3.8, 4) is 0 Å². The lowest BCUT2D eigenvalue weighted by atomic mass is 9.89. The number of benzene rings is 1. The maximum absolute atomic E-state index is 12.4. The van der Waals surface area contributed by atoms with Gasteiger partial charge in [-0.1, -0.05) is 12.1 Å². The molecule has 1 saturated heterocycles. The van der Waals surface area contributed by atoms with E-state index in [0.29, 0.717) is 24.3 Å². The fourth-order valence-corrected chi connectivity index (χ4v) is 2.86. The van der Waals surface area contributed by atoms with Crippen molar-refractivity contribution in [3.63, 3.8) is 0 Å². The number of amides is 1. The molecular weight excluding hydrogens is 242 g/mol. The summed E-state index contributed by atoms with van der Waals surface area (Å²) in [5, 5.41) is 2.81. The first-order valence-corrected chi connectivity index (χ1v) is 6.74. The number of ether oxygens (including phenoxy) is 1. The molecule has 1 amide bonds. The lowest BCUT2D eigenvalue weighted by Crippen LogP contribution is -2.32. The van der Waals surface area contributed by atoms with Gasteiger partial charge in [0.25, 0.3) is 5.91 Å². The Labute approximate surface area is 112 Å². The van der Waals surface area contributed by atoms with E-state index in [1.807, 2.05) is 19.1 Å². The third kappa shape index (κ3) is 2.16. The van der Waals surface area contributed by atoms with Crippen LogP contribution in [0, 0.1) is 5.92 Å². The summed E-state index contributed by atoms with van der Waals surface area (Å²) in [5.41, 5.74) is 2.29. The Morgan fingerprint density at radius 2 is 2.26 bits per heavy atom. The van der Waals surface area contributed by atoms with Gasteiger partial charge in [-0.2, -0.15) is 0 Å². The zero-order chi connectivity index (χ0) is 13.4. The zero-order valence-electron chi connectivity index (χ0n) is 10.9. The maximum atomic E-state index is 12.4. The number of ketones is 1. The van der Waals surface area contributed by atoms with Crippen LogP contribution in [-0.4, -0.2) is 30.9 Å². The fourth-order valence-electron chi connectivity index (χ4n) is 2.86. The van der Waals surface area contributed by atoms with Crippen molar-refractivity contribution in [1.82, 2.24) is 5.32 Å². The second-order valence-electron chi connectivity index (χ2n) is 5.21. The van der Waals surface area contributed by atoms with Crippen molar-refractivity contribution in [2.24, 2.45) is 5.92 Å². The van der Waals surface area contributed by atoms with Gasteiger partial charge in [-0.25, -0.2) is 0 Å². The van der Waals surface area contributed by atoms with Crippen molar-refractivity contribution >= 4 is 11.7 Å². The minimum atomic E-state index is -0.0790. The van der Waals surface area contributed by atoms with E-state index >= 15 is 0 Å². The molecule has 0 aromatic heterocycles. The molecule has 0 saturated carbocycles. The second-order valence-corrected chi connectivity index (χ2v) is 5.21. The molecule has 1 N–H and O–H groups in total. The molecule has 0 bridgehead atoms. The molecule has 1 aromatic rings. The summed E-state index contributed by atoms with van der Waals surface area (Å²) in [6.07, 6.45) is 1.57. The van der Waals surface area contributed by atoms with Crippen LogP contribution in [0.3, 0.4) is 0 Å². The van der Waals surface area contributed by atoms with E-state index in [-0.39, 0.29) is 23.7 Å². The molecule has 4 nitrogen and oxygen atoms in total. The quantitative estimate of drug-likeness (QED) is 0.820. The molecule has 2 aliphatic heterocycles. The number of rotatable bonds is 2. The predicted molar refractivity (Wildman–Crippen MR) is 70.3 cm³/mol. The van der Waals surface area contributed by atoms with Gasteiger partial charge >= 0.3 is 0 Å². The third-order valence-corrected chi connectivity index (χ3v) is 4.03. The average molecular weight is 259 g/mol. The lowest BCUT2D eigenvalue weighted by Gasteiger charge is -2.18. The van der Waals surface area contributed by atoms with Gasteiger partial charge in [-0.3, -0.25) is 9.59 Å². The Bertz CT molecular complexity index is 538. The Morgan fingerprint density at radius 3 is 3.00 bits per heavy atom. The highest BCUT2D eigenvalue weighted by atomic mass is 16.5. The summed E-state index contributed by atoms with van der Waals surface area (Å²) >= 11 is 0. The molecular formula is C15H17NO3. The largest absolute Gasteiger partial charge is 0.378 e. The van der Waals surface area contributed by atoms with Gasteiger partial charge in [0.05, 0.1) is 12.0 Å². The minimum absolute atomic E-state index is 0.0302. The molecule has 0 radical (unpaired) electrons. The number of carbonyl (C=O) groups is 2. The number of carbonyl (C=O) groups excluding carboxylic acids is 2. The molecule has 0 spiro atoms. The summed E-state index contributed by atoms with van der Waals surface area (Å²) in [4.78, 5) is 24.2. The van der Waals surface area contributed by atoms with Crippen molar-refractivity contribution in [1.29, 1.82) is 0 Å². The molecule has 19 heavy (non-hydrogen) atoms. The van der Waals surface area contributed by atoms with Crippen molar-refractivity contribution in [2.75, 3.05) is 13.2 Å². The molecule has 4 heteroatoms. The number of nitrogens with one attached hydrogen (secondary N) is 1. The van der Waals surface area contributed by atoms with Crippen LogP contribution >= 0.6 is 0 Å². The third-order valence-electron chi connectivity index (χ3n) is 4.03. The summed E-state index contributed by atoms with van der Waals surface area (Å²) in [7, 11) is 0. The van der Waals surface area contributed by atoms with E-state index < -0.39 is 0 Å². The summed E-state index contributed by atoms with van der Waals surface area (Å²) in [5.74, 6) is -0.0671. The number of hydrogen-bond donors (Lipinski definition) is 1. The first-order chi connectivity index (χ1) is 9.16. The Hall–Kier alpha value is -1.68. The monoisotopic (exact) mass is 259 g/mol. The number of Topliss-reactive ketones (excluding diaryl/α,β-unsaturated/α-hetero) is 1. The smallest absolute Gasteiger partial charge is 0.251 e. The van der Waals surface area contributed by atoms with Gasteiger partial charge in [0.1, 0.15) is 0 Å². The molecule has 2 heterocycles. The first kappa shape index (κ1) is 12.4. The molecule has 3 rings (SSSR count). The van der Waals surface area contributed by atoms with Crippen LogP contribution in [0.25, 0.3) is 0 Å². The second kappa shape index (κ2) is 4.78. The first-order valence-electron chi connectivity index (χ1n) is 6.74. The van der Waals surface area contributed by atoms with E-state index in [1.165, 1.54) is 0 Å². The molecule has 1 fully saturated rings. The molecule has 0 aliphatic carbocycles. The van der Waals surface area contributed by atoms with Gasteiger partial charge < -0.3 is 10.1 Å². The van der Waals surface area contributed by atoms with Crippen LogP contribution in [-0.2, 0) is 11.2 Å². The maximum Gasteiger partial charge on any atom is 0.251 e. The van der Waals surface area contributed by atoms with E-state index in [9.17, 15) is 9.59 Å². The minimum Gasteiger partial charge on any atom is -0.378 e. The highest BCUT2D eigenvalue weighted by molar-refractivity contribution is 6.03. The Morgan fingerprint density at radius 1 is 1.42 bits per heavy atom. The topological polar surface area (TPSA) is 55.4 Å². The van der Waals surface area contributed by atoms with Gasteiger partial charge in [-0.15, -0.1) is 0 Å². The van der Waals surface area contributed by atoms with Gasteiger partial charge in [0.15, 0.2) is 5.78 Å². The van der Waals surface area contributed by atoms with E-state index in [4.69, 9.17) is 4.74 Å². The average Bonchev–Trinajstić information content (AvgIpc) is 2.84. The lowest BCUT2D eigenvalue weighted by molar-refractivity contribution is 0.0764. The standard InChI is InChI=1S/C15H17NO3/c1-9-12(5-7-19-9)14(17)11-3-2-10-4-6-16-15(18)13(10)8-11/h2-3,8-9,12H,4-7H2,1H3,(H,16,18). The number of fused-ring (bicyclic) bond motifs is 1. The van der Waals surface area contributed by atoms with Crippen LogP contribution in [0.4, 0.5) is 0 Å². The van der Waals surface area contributed by atoms with Gasteiger partial charge in [0, 0.05) is 24.3 Å². The highest BCUT2D eigenvalue weighted by Gasteiger charge is 2.32. The zero-order valence-corrected chi connectivity index (χ0v) is 10.9. The van der Waals surface area contributed by atoms with E-state index in [1.54, 1.807) is 6.07 Å². The fraction of sp³-hybridized carbons (Fsp3) is 0.467. The van der Waals surface area contributed by atoms with Crippen LogP contribution in [0.15, 0.2) is 18.2 Å². The van der Waals surface area contributed by atoms with Crippen molar-refractivity contribution < 1.29 is 14.3 Å². The van der Waals surface area contributed by atoms with Crippen molar-refractivity contribution in [2.45, 2.75) is 25.9 Å². The molecule has 2 atom stereocenters. The molecule has 1 aromatic carbocycles. The summed E-state index contributed by atoms with van der Waals surface area (Å²) < 4.78 is 5.44. The van der Waals surface area contributed by atoms with Crippen LogP contribution < -0.4 is 5.32 Å². The van der Waals surface area contributed by atoms with Crippen molar-refractivity contribution in [3.05, 3.63) is 34.9 Å². The van der Waals surface area contributed by atoms with Gasteiger partial charge in [0.2, 0.25) is 0 Å². The van der Waals surface area contributed by atoms with E-state index in [0.717, 1.165) is 18.4 Å².